The number of carbonyl (C=O) groups is 1. The number of amides is 1. The van der Waals surface area contributed by atoms with Crippen molar-refractivity contribution in [3.05, 3.63) is 64.7 Å². The van der Waals surface area contributed by atoms with Gasteiger partial charge in [-0.3, -0.25) is 9.78 Å². The van der Waals surface area contributed by atoms with Gasteiger partial charge in [-0.25, -0.2) is 14.3 Å². The quantitative estimate of drug-likeness (QED) is 0.530. The van der Waals surface area contributed by atoms with E-state index in [2.05, 4.69) is 19.3 Å². The second-order valence-electron chi connectivity index (χ2n) is 4.82. The Morgan fingerprint density at radius 3 is 1.63 bits per heavy atom. The molecule has 0 fully saturated rings. The highest BCUT2D eigenvalue weighted by atomic mass is 32.1. The fourth-order valence-corrected chi connectivity index (χ4v) is 1.76. The van der Waals surface area contributed by atoms with Gasteiger partial charge in [-0.15, -0.1) is 0 Å². The van der Waals surface area contributed by atoms with Crippen LogP contribution in [-0.4, -0.2) is 25.2 Å². The predicted octanol–water partition coefficient (Wildman–Crippen LogP) is 5.39. The van der Waals surface area contributed by atoms with E-state index in [0.717, 1.165) is 11.1 Å². The van der Waals surface area contributed by atoms with Crippen LogP contribution in [0, 0.1) is 20.8 Å². The summed E-state index contributed by atoms with van der Waals surface area (Å²) >= 11 is 1.53. The summed E-state index contributed by atoms with van der Waals surface area (Å²) in [6.07, 6.45) is 6.74. The topological polar surface area (TPSA) is 121 Å². The van der Waals surface area contributed by atoms with E-state index >= 15 is 0 Å². The van der Waals surface area contributed by atoms with E-state index in [-0.39, 0.29) is 0 Å². The first kappa shape index (κ1) is 31.8. The molecule has 0 aliphatic heterocycles. The molecule has 8 heteroatoms. The first-order chi connectivity index (χ1) is 14.4. The smallest absolute Gasteiger partial charge is 0.267 e. The number of primary amides is 1. The van der Waals surface area contributed by atoms with E-state index in [0.29, 0.717) is 11.6 Å². The van der Waals surface area contributed by atoms with Gasteiger partial charge >= 0.3 is 0 Å². The largest absolute Gasteiger partial charge is 0.368 e. The average molecular weight is 435 g/mol. The van der Waals surface area contributed by atoms with Crippen molar-refractivity contribution in [2.75, 3.05) is 5.73 Å². The van der Waals surface area contributed by atoms with Gasteiger partial charge in [0.1, 0.15) is 5.69 Å². The van der Waals surface area contributed by atoms with E-state index in [1.165, 1.54) is 16.4 Å². The number of pyridine rings is 1. The number of aryl methyl sites for hydroxylation is 3. The van der Waals surface area contributed by atoms with E-state index in [1.54, 1.807) is 30.9 Å². The van der Waals surface area contributed by atoms with Crippen molar-refractivity contribution in [1.29, 1.82) is 0 Å². The maximum absolute atomic E-state index is 10.5. The van der Waals surface area contributed by atoms with Crippen molar-refractivity contribution in [2.24, 2.45) is 5.73 Å². The van der Waals surface area contributed by atoms with Crippen LogP contribution in [0.2, 0.25) is 0 Å². The minimum absolute atomic E-state index is 0.319. The molecule has 4 N–H and O–H groups in total. The van der Waals surface area contributed by atoms with Gasteiger partial charge in [0.25, 0.3) is 5.91 Å². The maximum Gasteiger partial charge on any atom is 0.267 e. The lowest BCUT2D eigenvalue weighted by atomic mass is 10.2. The summed E-state index contributed by atoms with van der Waals surface area (Å²) in [6, 6.07) is 5.46. The number of nitrogens with two attached hydrogens (primary N) is 2. The fourth-order valence-electron chi connectivity index (χ4n) is 1.35. The minimum atomic E-state index is -0.483. The van der Waals surface area contributed by atoms with Crippen LogP contribution in [0.3, 0.4) is 0 Å². The highest BCUT2D eigenvalue weighted by molar-refractivity contribution is 7.05. The zero-order valence-corrected chi connectivity index (χ0v) is 20.6. The number of hydrogen-bond donors (Lipinski definition) is 2. The SMILES string of the molecule is CC.CC.CC.Cc1ccnc(C(N)=O)c1.Cc1ccns1.Cc1cnc(N)nc1. The number of carbonyl (C=O) groups excluding carboxylic acids is 1. The number of nitrogens with zero attached hydrogens (tertiary/aromatic N) is 4. The van der Waals surface area contributed by atoms with Crippen LogP contribution in [0.5, 0.6) is 0 Å². The Balaban J connectivity index is -0.000000330. The summed E-state index contributed by atoms with van der Waals surface area (Å²) in [6.45, 7) is 17.8. The van der Waals surface area contributed by atoms with E-state index < -0.39 is 5.91 Å². The molecule has 0 aromatic carbocycles. The lowest BCUT2D eigenvalue weighted by Gasteiger charge is -1.93. The number of rotatable bonds is 1. The van der Waals surface area contributed by atoms with Crippen LogP contribution in [0.1, 0.15) is 68.0 Å². The van der Waals surface area contributed by atoms with Crippen molar-refractivity contribution < 1.29 is 4.79 Å². The standard InChI is InChI=1S/C7H8N2O.C5H7N3.C4H5NS.3C2H6/c1-5-2-3-9-6(4-5)7(8)10;1-4-2-7-5(6)8-3-4;1-4-2-3-5-6-4;3*1-2/h2-4H,1H3,(H2,8,10);2-3H,1H3,(H2,6,7,8);2-3H,1H3;3*1-2H3. The molecule has 0 aliphatic rings. The van der Waals surface area contributed by atoms with Crippen LogP contribution in [0.25, 0.3) is 0 Å². The minimum Gasteiger partial charge on any atom is -0.368 e. The van der Waals surface area contributed by atoms with Crippen LogP contribution in [0.15, 0.2) is 43.0 Å². The molecule has 3 heterocycles. The van der Waals surface area contributed by atoms with Gasteiger partial charge < -0.3 is 11.5 Å². The molecule has 3 aromatic heterocycles. The fraction of sp³-hybridized carbons (Fsp3) is 0.409. The van der Waals surface area contributed by atoms with Gasteiger partial charge in [-0.1, -0.05) is 41.5 Å². The normalized spacial score (nSPS) is 7.90. The van der Waals surface area contributed by atoms with Crippen LogP contribution < -0.4 is 11.5 Å². The second-order valence-corrected chi connectivity index (χ2v) is 5.86. The lowest BCUT2D eigenvalue weighted by Crippen LogP contribution is -2.12. The molecule has 1 amide bonds. The van der Waals surface area contributed by atoms with E-state index in [9.17, 15) is 4.79 Å². The first-order valence-electron chi connectivity index (χ1n) is 10.0. The van der Waals surface area contributed by atoms with Crippen molar-refractivity contribution in [3.8, 4) is 0 Å². The summed E-state index contributed by atoms with van der Waals surface area (Å²) in [5.41, 5.74) is 12.5. The summed E-state index contributed by atoms with van der Waals surface area (Å²) in [5, 5.41) is 0. The van der Waals surface area contributed by atoms with Gasteiger partial charge in [-0.05, 0) is 61.6 Å². The van der Waals surface area contributed by atoms with E-state index in [1.807, 2.05) is 74.4 Å². The van der Waals surface area contributed by atoms with Gasteiger partial charge in [0.2, 0.25) is 5.95 Å². The van der Waals surface area contributed by atoms with Crippen molar-refractivity contribution in [1.82, 2.24) is 19.3 Å². The number of hydrogen-bond acceptors (Lipinski definition) is 7. The molecular formula is C22H38N6OS. The van der Waals surface area contributed by atoms with Gasteiger partial charge in [0.05, 0.1) is 0 Å². The Kier molecular flexibility index (Phi) is 23.8. The summed E-state index contributed by atoms with van der Waals surface area (Å²) in [4.78, 5) is 23.0. The van der Waals surface area contributed by atoms with Gasteiger partial charge in [0, 0.05) is 29.7 Å². The molecule has 3 rings (SSSR count). The third-order valence-electron chi connectivity index (χ3n) is 2.54. The van der Waals surface area contributed by atoms with Gasteiger partial charge in [0.15, 0.2) is 0 Å². The molecule has 0 saturated heterocycles. The molecule has 168 valence electrons. The molecule has 30 heavy (non-hydrogen) atoms. The molecule has 0 saturated carbocycles. The summed E-state index contributed by atoms with van der Waals surface area (Å²) < 4.78 is 3.86. The van der Waals surface area contributed by atoms with Crippen LogP contribution in [-0.2, 0) is 0 Å². The van der Waals surface area contributed by atoms with Crippen LogP contribution in [0.4, 0.5) is 5.95 Å². The highest BCUT2D eigenvalue weighted by Gasteiger charge is 1.98. The molecule has 0 aliphatic carbocycles. The number of anilines is 1. The molecule has 0 bridgehead atoms. The highest BCUT2D eigenvalue weighted by Crippen LogP contribution is 1.98. The zero-order chi connectivity index (χ0) is 23.9. The van der Waals surface area contributed by atoms with Gasteiger partial charge in [-0.2, -0.15) is 0 Å². The average Bonchev–Trinajstić information content (AvgIpc) is 3.26. The molecule has 0 unspecified atom stereocenters. The Bertz CT molecular complexity index is 726. The Morgan fingerprint density at radius 2 is 1.37 bits per heavy atom. The third kappa shape index (κ3) is 18.5. The lowest BCUT2D eigenvalue weighted by molar-refractivity contribution is 0.0995. The molecule has 0 spiro atoms. The monoisotopic (exact) mass is 434 g/mol. The van der Waals surface area contributed by atoms with Crippen molar-refractivity contribution in [3.63, 3.8) is 0 Å². The molecule has 3 aromatic rings. The Hall–Kier alpha value is -2.87. The Morgan fingerprint density at radius 1 is 0.833 bits per heavy atom. The first-order valence-corrected chi connectivity index (χ1v) is 10.8. The number of nitrogen functional groups attached to an aromatic ring is 1. The molecule has 7 nitrogen and oxygen atoms in total. The van der Waals surface area contributed by atoms with Crippen molar-refractivity contribution >= 4 is 23.4 Å². The van der Waals surface area contributed by atoms with Crippen molar-refractivity contribution in [2.45, 2.75) is 62.3 Å². The molecular weight excluding hydrogens is 396 g/mol. The maximum atomic E-state index is 10.5. The Labute approximate surface area is 186 Å². The van der Waals surface area contributed by atoms with Crippen LogP contribution >= 0.6 is 11.5 Å². The summed E-state index contributed by atoms with van der Waals surface area (Å²) in [5.74, 6) is -0.153. The summed E-state index contributed by atoms with van der Waals surface area (Å²) in [7, 11) is 0. The zero-order valence-electron chi connectivity index (χ0n) is 19.8. The van der Waals surface area contributed by atoms with E-state index in [4.69, 9.17) is 11.5 Å². The molecule has 0 atom stereocenters. The molecule has 0 radical (unpaired) electrons. The predicted molar refractivity (Wildman–Crippen MR) is 130 cm³/mol. The number of aromatic nitrogens is 4. The third-order valence-corrected chi connectivity index (χ3v) is 3.19. The second kappa shape index (κ2) is 22.4.